The molecule has 0 saturated carbocycles. The van der Waals surface area contributed by atoms with Crippen molar-refractivity contribution < 1.29 is 14.3 Å². The van der Waals surface area contributed by atoms with Crippen molar-refractivity contribution in [2.24, 2.45) is 0 Å². The van der Waals surface area contributed by atoms with E-state index < -0.39 is 6.10 Å². The van der Waals surface area contributed by atoms with Crippen LogP contribution in [0.4, 0.5) is 0 Å². The molecule has 0 saturated heterocycles. The van der Waals surface area contributed by atoms with Crippen LogP contribution in [0.2, 0.25) is 5.02 Å². The number of aromatic nitrogens is 2. The zero-order chi connectivity index (χ0) is 14.5. The molecule has 104 valence electrons. The Hall–Kier alpha value is -2.14. The van der Waals surface area contributed by atoms with Crippen LogP contribution in [0.1, 0.15) is 17.4 Å². The van der Waals surface area contributed by atoms with E-state index in [4.69, 9.17) is 21.1 Å². The van der Waals surface area contributed by atoms with E-state index in [0.29, 0.717) is 10.8 Å². The van der Waals surface area contributed by atoms with Gasteiger partial charge in [-0.3, -0.25) is 4.79 Å². The molecule has 2 rings (SSSR count). The summed E-state index contributed by atoms with van der Waals surface area (Å²) in [5.41, 5.74) is 0.143. The van der Waals surface area contributed by atoms with Crippen LogP contribution in [0.5, 0.6) is 11.6 Å². The van der Waals surface area contributed by atoms with Crippen molar-refractivity contribution >= 4 is 17.4 Å². The molecule has 1 aromatic carbocycles. The van der Waals surface area contributed by atoms with Crippen LogP contribution in [0.15, 0.2) is 36.7 Å². The molecule has 0 aliphatic carbocycles. The van der Waals surface area contributed by atoms with Gasteiger partial charge >= 0.3 is 0 Å². The number of carbonyl (C=O) groups is 1. The highest BCUT2D eigenvalue weighted by Gasteiger charge is 2.22. The lowest BCUT2D eigenvalue weighted by molar-refractivity contribution is 0.0808. The van der Waals surface area contributed by atoms with Gasteiger partial charge in [-0.25, -0.2) is 9.97 Å². The zero-order valence-electron chi connectivity index (χ0n) is 11.0. The van der Waals surface area contributed by atoms with Crippen LogP contribution in [-0.2, 0) is 0 Å². The van der Waals surface area contributed by atoms with Crippen LogP contribution < -0.4 is 9.47 Å². The second kappa shape index (κ2) is 6.34. The fourth-order valence-corrected chi connectivity index (χ4v) is 1.81. The monoisotopic (exact) mass is 292 g/mol. The van der Waals surface area contributed by atoms with Crippen molar-refractivity contribution in [3.05, 3.63) is 47.4 Å². The summed E-state index contributed by atoms with van der Waals surface area (Å²) >= 11 is 5.87. The predicted molar refractivity (Wildman–Crippen MR) is 74.5 cm³/mol. The first-order valence-electron chi connectivity index (χ1n) is 5.93. The standard InChI is InChI=1S/C14H13ClN2O3/c1-9(20-11-5-3-4-10(15)8-11)13(18)12-14(19-2)17-7-6-16-12/h3-9H,1-2H3. The van der Waals surface area contributed by atoms with Gasteiger partial charge in [0.2, 0.25) is 11.7 Å². The number of benzene rings is 1. The molecule has 0 spiro atoms. The highest BCUT2D eigenvalue weighted by molar-refractivity contribution is 6.30. The van der Waals surface area contributed by atoms with Gasteiger partial charge in [-0.2, -0.15) is 0 Å². The van der Waals surface area contributed by atoms with E-state index in [0.717, 1.165) is 0 Å². The predicted octanol–water partition coefficient (Wildman–Crippen LogP) is 2.79. The Bertz CT molecular complexity index is 619. The van der Waals surface area contributed by atoms with Crippen molar-refractivity contribution in [2.75, 3.05) is 7.11 Å². The fourth-order valence-electron chi connectivity index (χ4n) is 1.63. The number of Topliss-reactive ketones (excluding diaryl/α,β-unsaturated/α-hetero) is 1. The number of nitrogens with zero attached hydrogens (tertiary/aromatic N) is 2. The number of ketones is 1. The first kappa shape index (κ1) is 14.3. The van der Waals surface area contributed by atoms with Crippen molar-refractivity contribution in [3.63, 3.8) is 0 Å². The van der Waals surface area contributed by atoms with Gasteiger partial charge in [-0.05, 0) is 25.1 Å². The Kier molecular flexibility index (Phi) is 4.53. The van der Waals surface area contributed by atoms with Crippen molar-refractivity contribution in [1.29, 1.82) is 0 Å². The van der Waals surface area contributed by atoms with E-state index in [1.54, 1.807) is 31.2 Å². The molecule has 1 aromatic heterocycles. The molecule has 5 nitrogen and oxygen atoms in total. The molecule has 20 heavy (non-hydrogen) atoms. The van der Waals surface area contributed by atoms with Crippen LogP contribution >= 0.6 is 11.6 Å². The van der Waals surface area contributed by atoms with Crippen molar-refractivity contribution in [2.45, 2.75) is 13.0 Å². The smallest absolute Gasteiger partial charge is 0.243 e. The third kappa shape index (κ3) is 3.24. The fraction of sp³-hybridized carbons (Fsp3) is 0.214. The van der Waals surface area contributed by atoms with Crippen LogP contribution in [-0.4, -0.2) is 29.0 Å². The first-order valence-corrected chi connectivity index (χ1v) is 6.31. The summed E-state index contributed by atoms with van der Waals surface area (Å²) in [5.74, 6) is 0.384. The molecular weight excluding hydrogens is 280 g/mol. The molecule has 0 aliphatic heterocycles. The summed E-state index contributed by atoms with van der Waals surface area (Å²) in [7, 11) is 1.43. The molecule has 0 radical (unpaired) electrons. The van der Waals surface area contributed by atoms with Gasteiger partial charge in [0.25, 0.3) is 0 Å². The summed E-state index contributed by atoms with van der Waals surface area (Å²) in [6, 6.07) is 6.84. The molecule has 0 aliphatic rings. The number of hydrogen-bond acceptors (Lipinski definition) is 5. The molecule has 2 aromatic rings. The average molecular weight is 293 g/mol. The topological polar surface area (TPSA) is 61.3 Å². The van der Waals surface area contributed by atoms with E-state index in [-0.39, 0.29) is 17.4 Å². The van der Waals surface area contributed by atoms with Crippen molar-refractivity contribution in [3.8, 4) is 11.6 Å². The second-order valence-electron chi connectivity index (χ2n) is 4.00. The summed E-state index contributed by atoms with van der Waals surface area (Å²) < 4.78 is 10.6. The maximum atomic E-state index is 12.3. The minimum Gasteiger partial charge on any atom is -0.482 e. The number of rotatable bonds is 5. The van der Waals surface area contributed by atoms with Crippen LogP contribution in [0, 0.1) is 0 Å². The number of methoxy groups -OCH3 is 1. The lowest BCUT2D eigenvalue weighted by Gasteiger charge is -2.14. The minimum atomic E-state index is -0.723. The zero-order valence-corrected chi connectivity index (χ0v) is 11.8. The Labute approximate surface area is 121 Å². The van der Waals surface area contributed by atoms with E-state index in [2.05, 4.69) is 9.97 Å². The summed E-state index contributed by atoms with van der Waals surface area (Å²) in [6.45, 7) is 1.64. The highest BCUT2D eigenvalue weighted by atomic mass is 35.5. The van der Waals surface area contributed by atoms with Gasteiger partial charge < -0.3 is 9.47 Å². The first-order chi connectivity index (χ1) is 9.61. The maximum Gasteiger partial charge on any atom is 0.243 e. The number of ether oxygens (including phenoxy) is 2. The number of hydrogen-bond donors (Lipinski definition) is 0. The molecule has 0 fully saturated rings. The molecule has 0 amide bonds. The molecule has 1 unspecified atom stereocenters. The highest BCUT2D eigenvalue weighted by Crippen LogP contribution is 2.20. The Morgan fingerprint density at radius 2 is 2.05 bits per heavy atom. The Balaban J connectivity index is 2.16. The normalized spacial score (nSPS) is 11.8. The van der Waals surface area contributed by atoms with E-state index >= 15 is 0 Å². The Morgan fingerprint density at radius 3 is 2.75 bits per heavy atom. The molecule has 1 atom stereocenters. The van der Waals surface area contributed by atoms with Gasteiger partial charge in [0.15, 0.2) is 11.8 Å². The van der Waals surface area contributed by atoms with Gasteiger partial charge in [-0.15, -0.1) is 0 Å². The van der Waals surface area contributed by atoms with E-state index in [9.17, 15) is 4.79 Å². The number of halogens is 1. The number of carbonyl (C=O) groups excluding carboxylic acids is 1. The third-order valence-corrected chi connectivity index (χ3v) is 2.80. The Morgan fingerprint density at radius 1 is 1.30 bits per heavy atom. The third-order valence-electron chi connectivity index (χ3n) is 2.57. The van der Waals surface area contributed by atoms with E-state index in [1.807, 2.05) is 0 Å². The summed E-state index contributed by atoms with van der Waals surface area (Å²) in [6.07, 6.45) is 2.17. The van der Waals surface area contributed by atoms with Gasteiger partial charge in [0.05, 0.1) is 7.11 Å². The largest absolute Gasteiger partial charge is 0.482 e. The lowest BCUT2D eigenvalue weighted by atomic mass is 10.2. The second-order valence-corrected chi connectivity index (χ2v) is 4.43. The maximum absolute atomic E-state index is 12.3. The molecule has 0 N–H and O–H groups in total. The van der Waals surface area contributed by atoms with Crippen molar-refractivity contribution in [1.82, 2.24) is 9.97 Å². The molecule has 1 heterocycles. The summed E-state index contributed by atoms with van der Waals surface area (Å²) in [4.78, 5) is 20.2. The van der Waals surface area contributed by atoms with Gasteiger partial charge in [0, 0.05) is 17.4 Å². The lowest BCUT2D eigenvalue weighted by Crippen LogP contribution is -2.25. The summed E-state index contributed by atoms with van der Waals surface area (Å²) in [5, 5.41) is 0.541. The molecular formula is C14H13ClN2O3. The molecule has 6 heteroatoms. The SMILES string of the molecule is COc1nccnc1C(=O)C(C)Oc1cccc(Cl)c1. The molecule has 0 bridgehead atoms. The quantitative estimate of drug-likeness (QED) is 0.793. The minimum absolute atomic E-state index is 0.143. The van der Waals surface area contributed by atoms with Gasteiger partial charge in [0.1, 0.15) is 5.75 Å². The van der Waals surface area contributed by atoms with E-state index in [1.165, 1.54) is 19.5 Å². The van der Waals surface area contributed by atoms with Gasteiger partial charge in [-0.1, -0.05) is 17.7 Å². The van der Waals surface area contributed by atoms with Crippen LogP contribution in [0.25, 0.3) is 0 Å². The average Bonchev–Trinajstić information content (AvgIpc) is 2.46. The van der Waals surface area contributed by atoms with Crippen LogP contribution in [0.3, 0.4) is 0 Å².